The maximum Gasteiger partial charge on any atom is 0.254 e. The molecule has 2 aromatic carbocycles. The van der Waals surface area contributed by atoms with Crippen molar-refractivity contribution in [2.45, 2.75) is 24.0 Å². The topological polar surface area (TPSA) is 59.8 Å². The smallest absolute Gasteiger partial charge is 0.254 e. The van der Waals surface area contributed by atoms with E-state index in [1.54, 1.807) is 24.3 Å². The highest BCUT2D eigenvalue weighted by atomic mass is 32.2. The van der Waals surface area contributed by atoms with E-state index in [4.69, 9.17) is 0 Å². The molecule has 0 spiro atoms. The van der Waals surface area contributed by atoms with Crippen LogP contribution in [0, 0.1) is 11.6 Å². The molecule has 0 radical (unpaired) electrons. The molecule has 8 heteroatoms. The maximum atomic E-state index is 13.7. The quantitative estimate of drug-likeness (QED) is 0.459. The van der Waals surface area contributed by atoms with Crippen molar-refractivity contribution in [3.8, 4) is 0 Å². The Morgan fingerprint density at radius 3 is 2.61 bits per heavy atom. The molecule has 0 atom stereocenters. The third-order valence-corrected chi connectivity index (χ3v) is 4.95. The summed E-state index contributed by atoms with van der Waals surface area (Å²) < 4.78 is 28.6. The zero-order valence-electron chi connectivity index (χ0n) is 14.9. The van der Waals surface area contributed by atoms with Gasteiger partial charge in [0, 0.05) is 12.3 Å². The van der Waals surface area contributed by atoms with Gasteiger partial charge in [-0.1, -0.05) is 42.1 Å². The van der Waals surface area contributed by atoms with E-state index in [-0.39, 0.29) is 17.9 Å². The van der Waals surface area contributed by atoms with Crippen LogP contribution in [0.15, 0.2) is 66.3 Å². The van der Waals surface area contributed by atoms with Gasteiger partial charge in [0.1, 0.15) is 11.6 Å². The molecule has 1 aromatic heterocycles. The highest BCUT2D eigenvalue weighted by molar-refractivity contribution is 7.98. The fourth-order valence-corrected chi connectivity index (χ4v) is 3.42. The number of thioether (sulfide) groups is 1. The van der Waals surface area contributed by atoms with Crippen LogP contribution in [0.4, 0.5) is 8.78 Å². The maximum absolute atomic E-state index is 13.7. The van der Waals surface area contributed by atoms with Crippen molar-refractivity contribution in [2.75, 3.05) is 0 Å². The molecule has 0 fully saturated rings. The summed E-state index contributed by atoms with van der Waals surface area (Å²) in [6.45, 7) is 4.30. The van der Waals surface area contributed by atoms with Gasteiger partial charge in [0.25, 0.3) is 5.91 Å². The summed E-state index contributed by atoms with van der Waals surface area (Å²) in [5, 5.41) is 11.6. The molecule has 3 rings (SSSR count). The van der Waals surface area contributed by atoms with Crippen LogP contribution >= 0.6 is 11.8 Å². The van der Waals surface area contributed by atoms with Gasteiger partial charge in [-0.15, -0.1) is 16.8 Å². The molecule has 5 nitrogen and oxygen atoms in total. The van der Waals surface area contributed by atoms with Crippen LogP contribution in [0.1, 0.15) is 21.7 Å². The summed E-state index contributed by atoms with van der Waals surface area (Å²) in [5.74, 6) is -0.255. The number of nitrogens with one attached hydrogen (secondary N) is 1. The SMILES string of the molecule is C=CCn1c(CNC(=O)c2ccccc2F)nnc1SCc1ccc(F)cc1. The first-order chi connectivity index (χ1) is 13.6. The molecule has 28 heavy (non-hydrogen) atoms. The Bertz CT molecular complexity index is 973. The average molecular weight is 400 g/mol. The Labute approximate surface area is 165 Å². The number of halogens is 2. The van der Waals surface area contributed by atoms with E-state index >= 15 is 0 Å². The Morgan fingerprint density at radius 1 is 1.14 bits per heavy atom. The number of allylic oxidation sites excluding steroid dienone is 1. The minimum Gasteiger partial charge on any atom is -0.345 e. The first kappa shape index (κ1) is 19.8. The Hall–Kier alpha value is -3.00. The van der Waals surface area contributed by atoms with Crippen LogP contribution in [-0.2, 0) is 18.8 Å². The molecule has 1 heterocycles. The van der Waals surface area contributed by atoms with Crippen LogP contribution in [0.5, 0.6) is 0 Å². The minimum absolute atomic E-state index is 0.0248. The van der Waals surface area contributed by atoms with E-state index in [1.807, 2.05) is 4.57 Å². The van der Waals surface area contributed by atoms with E-state index in [9.17, 15) is 13.6 Å². The first-order valence-electron chi connectivity index (χ1n) is 8.51. The van der Waals surface area contributed by atoms with Gasteiger partial charge in [-0.25, -0.2) is 8.78 Å². The zero-order chi connectivity index (χ0) is 19.9. The van der Waals surface area contributed by atoms with Crippen molar-refractivity contribution >= 4 is 17.7 Å². The van der Waals surface area contributed by atoms with Gasteiger partial charge < -0.3 is 9.88 Å². The highest BCUT2D eigenvalue weighted by Crippen LogP contribution is 2.22. The van der Waals surface area contributed by atoms with Crippen molar-refractivity contribution < 1.29 is 13.6 Å². The molecular formula is C20H18F2N4OS. The number of amides is 1. The fourth-order valence-electron chi connectivity index (χ4n) is 2.50. The summed E-state index contributed by atoms with van der Waals surface area (Å²) in [7, 11) is 0. The van der Waals surface area contributed by atoms with Gasteiger partial charge in [0.2, 0.25) is 0 Å². The number of hydrogen-bond donors (Lipinski definition) is 1. The van der Waals surface area contributed by atoms with Crippen molar-refractivity contribution in [1.82, 2.24) is 20.1 Å². The lowest BCUT2D eigenvalue weighted by molar-refractivity contribution is 0.0945. The standard InChI is InChI=1S/C20H18F2N4OS/c1-2-11-26-18(12-23-19(27)16-5-3-4-6-17(16)22)24-25-20(26)28-13-14-7-9-15(21)10-8-14/h2-10H,1,11-13H2,(H,23,27). The molecule has 0 aliphatic heterocycles. The summed E-state index contributed by atoms with van der Waals surface area (Å²) in [5.41, 5.74) is 0.928. The molecule has 1 N–H and O–H groups in total. The number of carbonyl (C=O) groups is 1. The van der Waals surface area contributed by atoms with E-state index in [0.717, 1.165) is 5.56 Å². The van der Waals surface area contributed by atoms with Gasteiger partial charge in [-0.2, -0.15) is 0 Å². The molecule has 1 amide bonds. The molecule has 144 valence electrons. The first-order valence-corrected chi connectivity index (χ1v) is 9.50. The summed E-state index contributed by atoms with van der Waals surface area (Å²) in [4.78, 5) is 12.2. The second-order valence-electron chi connectivity index (χ2n) is 5.88. The number of hydrogen-bond acceptors (Lipinski definition) is 4. The lowest BCUT2D eigenvalue weighted by Crippen LogP contribution is -2.25. The van der Waals surface area contributed by atoms with E-state index < -0.39 is 11.7 Å². The molecule has 0 saturated carbocycles. The van der Waals surface area contributed by atoms with Crippen LogP contribution in [-0.4, -0.2) is 20.7 Å². The van der Waals surface area contributed by atoms with Crippen LogP contribution in [0.2, 0.25) is 0 Å². The van der Waals surface area contributed by atoms with Gasteiger partial charge >= 0.3 is 0 Å². The normalized spacial score (nSPS) is 10.6. The molecule has 3 aromatic rings. The predicted molar refractivity (Wildman–Crippen MR) is 104 cm³/mol. The van der Waals surface area contributed by atoms with Crippen molar-refractivity contribution in [3.63, 3.8) is 0 Å². The lowest BCUT2D eigenvalue weighted by atomic mass is 10.2. The lowest BCUT2D eigenvalue weighted by Gasteiger charge is -2.09. The van der Waals surface area contributed by atoms with Crippen molar-refractivity contribution in [2.24, 2.45) is 0 Å². The highest BCUT2D eigenvalue weighted by Gasteiger charge is 2.15. The van der Waals surface area contributed by atoms with Gasteiger partial charge in [0.05, 0.1) is 12.1 Å². The van der Waals surface area contributed by atoms with Gasteiger partial charge in [-0.05, 0) is 29.8 Å². The van der Waals surface area contributed by atoms with Crippen molar-refractivity contribution in [1.29, 1.82) is 0 Å². The molecule has 0 aliphatic carbocycles. The number of benzene rings is 2. The second-order valence-corrected chi connectivity index (χ2v) is 6.82. The van der Waals surface area contributed by atoms with E-state index in [2.05, 4.69) is 22.1 Å². The predicted octanol–water partition coefficient (Wildman–Crippen LogP) is 3.96. The third kappa shape index (κ3) is 4.83. The van der Waals surface area contributed by atoms with Crippen LogP contribution in [0.3, 0.4) is 0 Å². The molecule has 0 aliphatic rings. The third-order valence-electron chi connectivity index (χ3n) is 3.91. The summed E-state index contributed by atoms with van der Waals surface area (Å²) in [6, 6.07) is 12.0. The number of aromatic nitrogens is 3. The molecule has 0 unspecified atom stereocenters. The van der Waals surface area contributed by atoms with Crippen LogP contribution < -0.4 is 5.32 Å². The summed E-state index contributed by atoms with van der Waals surface area (Å²) in [6.07, 6.45) is 1.70. The van der Waals surface area contributed by atoms with E-state index in [1.165, 1.54) is 42.1 Å². The van der Waals surface area contributed by atoms with E-state index in [0.29, 0.717) is 23.3 Å². The van der Waals surface area contributed by atoms with Crippen molar-refractivity contribution in [3.05, 3.63) is 89.8 Å². The fraction of sp³-hybridized carbons (Fsp3) is 0.150. The molecule has 0 bridgehead atoms. The number of carbonyl (C=O) groups excluding carboxylic acids is 1. The zero-order valence-corrected chi connectivity index (χ0v) is 15.8. The molecular weight excluding hydrogens is 382 g/mol. The summed E-state index contributed by atoms with van der Waals surface area (Å²) >= 11 is 1.45. The van der Waals surface area contributed by atoms with Gasteiger partial charge in [-0.3, -0.25) is 4.79 Å². The second kappa shape index (κ2) is 9.27. The minimum atomic E-state index is -0.580. The Kier molecular flexibility index (Phi) is 6.54. The largest absolute Gasteiger partial charge is 0.345 e. The monoisotopic (exact) mass is 400 g/mol. The number of rotatable bonds is 8. The Balaban J connectivity index is 1.68. The van der Waals surface area contributed by atoms with Crippen LogP contribution in [0.25, 0.3) is 0 Å². The average Bonchev–Trinajstić information content (AvgIpc) is 3.08. The number of nitrogens with zero attached hydrogens (tertiary/aromatic N) is 3. The Morgan fingerprint density at radius 2 is 1.89 bits per heavy atom. The van der Waals surface area contributed by atoms with Gasteiger partial charge in [0.15, 0.2) is 11.0 Å². The molecule has 0 saturated heterocycles.